The van der Waals surface area contributed by atoms with Gasteiger partial charge in [-0.25, -0.2) is 0 Å². The molecule has 276 valence electrons. The van der Waals surface area contributed by atoms with Gasteiger partial charge in [0.25, 0.3) is 0 Å². The summed E-state index contributed by atoms with van der Waals surface area (Å²) in [5.74, 6) is -0.0586. The van der Waals surface area contributed by atoms with E-state index in [1.807, 2.05) is 0 Å². The summed E-state index contributed by atoms with van der Waals surface area (Å²) in [6, 6.07) is 0. The Morgan fingerprint density at radius 3 is 0.587 bits per heavy atom. The Kier molecular flexibility index (Phi) is 42.0. The van der Waals surface area contributed by atoms with E-state index in [1.165, 1.54) is 258 Å². The Hall–Kier alpha value is -0.530. The van der Waals surface area contributed by atoms with Crippen LogP contribution in [0.15, 0.2) is 0 Å². The van der Waals surface area contributed by atoms with E-state index in [4.69, 9.17) is 0 Å². The number of hydrogen-bond donors (Lipinski definition) is 0. The molecule has 0 atom stereocenters. The first-order valence-electron chi connectivity index (χ1n) is 21.9. The van der Waals surface area contributed by atoms with E-state index in [-0.39, 0.29) is 5.97 Å². The summed E-state index contributed by atoms with van der Waals surface area (Å²) < 4.78 is 4.69. The van der Waals surface area contributed by atoms with Crippen molar-refractivity contribution in [2.45, 2.75) is 270 Å². The van der Waals surface area contributed by atoms with E-state index >= 15 is 0 Å². The molecular weight excluding hydrogens is 560 g/mol. The molecule has 0 N–H and O–H groups in total. The van der Waals surface area contributed by atoms with Crippen LogP contribution in [0.4, 0.5) is 0 Å². The first kappa shape index (κ1) is 45.5. The summed E-state index contributed by atoms with van der Waals surface area (Å²) in [6.07, 6.45) is 58.2. The van der Waals surface area contributed by atoms with Crippen LogP contribution in [0.5, 0.6) is 0 Å². The molecule has 0 aliphatic carbocycles. The summed E-state index contributed by atoms with van der Waals surface area (Å²) in [5, 5.41) is 0. The van der Waals surface area contributed by atoms with E-state index in [0.29, 0.717) is 6.42 Å². The highest BCUT2D eigenvalue weighted by molar-refractivity contribution is 5.68. The molecule has 0 heterocycles. The van der Waals surface area contributed by atoms with Crippen LogP contribution in [0.2, 0.25) is 0 Å². The molecule has 0 aromatic heterocycles. The second kappa shape index (κ2) is 42.5. The second-order valence-corrected chi connectivity index (χ2v) is 15.1. The number of esters is 1. The SMILES string of the molecule is CCCCCCCCCCCCCCCCCCCCCCCCCCCCCCCCCCCCCCCCCCC(=O)OC. The lowest BCUT2D eigenvalue weighted by Crippen LogP contribution is -1.99. The molecule has 0 rings (SSSR count). The predicted molar refractivity (Wildman–Crippen MR) is 207 cm³/mol. The minimum absolute atomic E-state index is 0.0586. The summed E-state index contributed by atoms with van der Waals surface area (Å²) in [7, 11) is 1.48. The van der Waals surface area contributed by atoms with Crippen molar-refractivity contribution in [3.63, 3.8) is 0 Å². The minimum Gasteiger partial charge on any atom is -0.469 e. The number of carbonyl (C=O) groups excluding carboxylic acids is 1. The van der Waals surface area contributed by atoms with Crippen molar-refractivity contribution < 1.29 is 9.53 Å². The van der Waals surface area contributed by atoms with E-state index in [2.05, 4.69) is 11.7 Å². The highest BCUT2D eigenvalue weighted by Crippen LogP contribution is 2.18. The maximum absolute atomic E-state index is 11.1. The van der Waals surface area contributed by atoms with Crippen LogP contribution in [-0.4, -0.2) is 13.1 Å². The molecule has 46 heavy (non-hydrogen) atoms. The van der Waals surface area contributed by atoms with Gasteiger partial charge in [-0.05, 0) is 6.42 Å². The Bertz CT molecular complexity index is 544. The van der Waals surface area contributed by atoms with Gasteiger partial charge in [0.05, 0.1) is 7.11 Å². The molecular formula is C44H88O2. The zero-order valence-corrected chi connectivity index (χ0v) is 32.3. The van der Waals surface area contributed by atoms with Gasteiger partial charge < -0.3 is 4.74 Å². The van der Waals surface area contributed by atoms with Crippen molar-refractivity contribution in [2.75, 3.05) is 7.11 Å². The average Bonchev–Trinajstić information content (AvgIpc) is 3.07. The van der Waals surface area contributed by atoms with Gasteiger partial charge in [0, 0.05) is 6.42 Å². The molecule has 0 amide bonds. The van der Waals surface area contributed by atoms with Crippen LogP contribution in [0, 0.1) is 0 Å². The third-order valence-electron chi connectivity index (χ3n) is 10.5. The lowest BCUT2D eigenvalue weighted by atomic mass is 10.0. The van der Waals surface area contributed by atoms with Crippen LogP contribution in [-0.2, 0) is 9.53 Å². The van der Waals surface area contributed by atoms with Crippen molar-refractivity contribution in [3.8, 4) is 0 Å². The first-order chi connectivity index (χ1) is 22.8. The third-order valence-corrected chi connectivity index (χ3v) is 10.5. The molecule has 0 saturated heterocycles. The van der Waals surface area contributed by atoms with Crippen molar-refractivity contribution in [1.82, 2.24) is 0 Å². The smallest absolute Gasteiger partial charge is 0.305 e. The van der Waals surface area contributed by atoms with E-state index < -0.39 is 0 Å². The Morgan fingerprint density at radius 2 is 0.435 bits per heavy atom. The number of hydrogen-bond acceptors (Lipinski definition) is 2. The number of carbonyl (C=O) groups is 1. The van der Waals surface area contributed by atoms with Crippen LogP contribution in [0.25, 0.3) is 0 Å². The summed E-state index contributed by atoms with van der Waals surface area (Å²) >= 11 is 0. The van der Waals surface area contributed by atoms with E-state index in [1.54, 1.807) is 0 Å². The van der Waals surface area contributed by atoms with Crippen molar-refractivity contribution in [1.29, 1.82) is 0 Å². The Morgan fingerprint density at radius 1 is 0.283 bits per heavy atom. The van der Waals surface area contributed by atoms with Crippen LogP contribution in [0.1, 0.15) is 270 Å². The topological polar surface area (TPSA) is 26.3 Å². The molecule has 0 unspecified atom stereocenters. The fraction of sp³-hybridized carbons (Fsp3) is 0.977. The molecule has 0 aliphatic rings. The maximum Gasteiger partial charge on any atom is 0.305 e. The van der Waals surface area contributed by atoms with Gasteiger partial charge in [0.1, 0.15) is 0 Å². The van der Waals surface area contributed by atoms with Crippen molar-refractivity contribution >= 4 is 5.97 Å². The molecule has 0 aromatic carbocycles. The van der Waals surface area contributed by atoms with E-state index in [0.717, 1.165) is 6.42 Å². The lowest BCUT2D eigenvalue weighted by Gasteiger charge is -2.05. The standard InChI is InChI=1S/C44H88O2/c1-3-4-5-6-7-8-9-10-11-12-13-14-15-16-17-18-19-20-21-22-23-24-25-26-27-28-29-30-31-32-33-34-35-36-37-38-39-40-41-42-43-44(45)46-2/h3-43H2,1-2H3. The summed E-state index contributed by atoms with van der Waals surface area (Å²) in [5.41, 5.74) is 0. The quantitative estimate of drug-likeness (QED) is 0.0487. The largest absolute Gasteiger partial charge is 0.469 e. The molecule has 2 nitrogen and oxygen atoms in total. The fourth-order valence-electron chi connectivity index (χ4n) is 7.16. The summed E-state index contributed by atoms with van der Waals surface area (Å²) in [6.45, 7) is 2.31. The van der Waals surface area contributed by atoms with Gasteiger partial charge in [-0.1, -0.05) is 257 Å². The number of methoxy groups -OCH3 is 1. The second-order valence-electron chi connectivity index (χ2n) is 15.1. The zero-order chi connectivity index (χ0) is 33.3. The van der Waals surface area contributed by atoms with Crippen LogP contribution < -0.4 is 0 Å². The summed E-state index contributed by atoms with van der Waals surface area (Å²) in [4.78, 5) is 11.1. The molecule has 2 heteroatoms. The van der Waals surface area contributed by atoms with Crippen LogP contribution in [0.3, 0.4) is 0 Å². The monoisotopic (exact) mass is 649 g/mol. The van der Waals surface area contributed by atoms with Crippen LogP contribution >= 0.6 is 0 Å². The first-order valence-corrected chi connectivity index (χ1v) is 21.9. The lowest BCUT2D eigenvalue weighted by molar-refractivity contribution is -0.140. The Balaban J connectivity index is 3.05. The fourth-order valence-corrected chi connectivity index (χ4v) is 7.16. The predicted octanol–water partition coefficient (Wildman–Crippen LogP) is 16.2. The number of rotatable bonds is 41. The van der Waals surface area contributed by atoms with E-state index in [9.17, 15) is 4.79 Å². The molecule has 0 bridgehead atoms. The number of unbranched alkanes of at least 4 members (excludes halogenated alkanes) is 39. The third kappa shape index (κ3) is 41.5. The Labute approximate surface area is 292 Å². The van der Waals surface area contributed by atoms with Gasteiger partial charge in [-0.3, -0.25) is 4.79 Å². The van der Waals surface area contributed by atoms with Gasteiger partial charge in [-0.15, -0.1) is 0 Å². The molecule has 0 radical (unpaired) electrons. The highest BCUT2D eigenvalue weighted by Gasteiger charge is 2.00. The highest BCUT2D eigenvalue weighted by atomic mass is 16.5. The van der Waals surface area contributed by atoms with Gasteiger partial charge >= 0.3 is 5.97 Å². The zero-order valence-electron chi connectivity index (χ0n) is 32.3. The molecule has 0 fully saturated rings. The van der Waals surface area contributed by atoms with Gasteiger partial charge in [0.2, 0.25) is 0 Å². The van der Waals surface area contributed by atoms with Crippen molar-refractivity contribution in [2.24, 2.45) is 0 Å². The van der Waals surface area contributed by atoms with Gasteiger partial charge in [0.15, 0.2) is 0 Å². The average molecular weight is 649 g/mol. The maximum atomic E-state index is 11.1. The molecule has 0 aliphatic heterocycles. The van der Waals surface area contributed by atoms with Crippen molar-refractivity contribution in [3.05, 3.63) is 0 Å². The normalized spacial score (nSPS) is 11.4. The molecule has 0 aromatic rings. The molecule has 0 spiro atoms. The van der Waals surface area contributed by atoms with Gasteiger partial charge in [-0.2, -0.15) is 0 Å². The minimum atomic E-state index is -0.0586. The number of ether oxygens (including phenoxy) is 1. The molecule has 0 saturated carbocycles.